The van der Waals surface area contributed by atoms with Gasteiger partial charge >= 0.3 is 0 Å². The van der Waals surface area contributed by atoms with E-state index in [-0.39, 0.29) is 22.9 Å². The van der Waals surface area contributed by atoms with Gasteiger partial charge in [0.15, 0.2) is 0 Å². The molecule has 1 aromatic heterocycles. The fourth-order valence-electron chi connectivity index (χ4n) is 1.69. The summed E-state index contributed by atoms with van der Waals surface area (Å²) in [6.45, 7) is 0. The van der Waals surface area contributed by atoms with E-state index >= 15 is 0 Å². The molecular weight excluding hydrogens is 281 g/mol. The van der Waals surface area contributed by atoms with Crippen LogP contribution in [0.3, 0.4) is 0 Å². The van der Waals surface area contributed by atoms with Crippen LogP contribution in [0.4, 0.5) is 4.39 Å². The molecule has 0 saturated carbocycles. The first-order valence-electron chi connectivity index (χ1n) is 5.94. The normalized spacial score (nSPS) is 10.9. The Balaban J connectivity index is 1.97. The molecule has 0 radical (unpaired) electrons. The average molecular weight is 294 g/mol. The van der Waals surface area contributed by atoms with Gasteiger partial charge in [-0.25, -0.2) is 9.82 Å². The molecule has 0 bridgehead atoms. The quantitative estimate of drug-likeness (QED) is 0.683. The molecule has 4 nitrogen and oxygen atoms in total. The standard InChI is InChI=1S/C14H13ClFN3O/c1-19-7-3-4-10(19)8-14(20)18-17-9-11-12(15)5-2-6-13(11)16/h2-7,9H,8H2,1H3,(H,18,20)/b17-9+. The van der Waals surface area contributed by atoms with E-state index in [0.29, 0.717) is 0 Å². The predicted octanol–water partition coefficient (Wildman–Crippen LogP) is 2.51. The van der Waals surface area contributed by atoms with Crippen molar-refractivity contribution in [2.24, 2.45) is 12.1 Å². The minimum Gasteiger partial charge on any atom is -0.354 e. The monoisotopic (exact) mass is 293 g/mol. The van der Waals surface area contributed by atoms with Crippen molar-refractivity contribution < 1.29 is 9.18 Å². The van der Waals surface area contributed by atoms with Gasteiger partial charge in [0.1, 0.15) is 5.82 Å². The van der Waals surface area contributed by atoms with E-state index in [2.05, 4.69) is 10.5 Å². The van der Waals surface area contributed by atoms with Crippen molar-refractivity contribution >= 4 is 23.7 Å². The Morgan fingerprint density at radius 2 is 2.25 bits per heavy atom. The van der Waals surface area contributed by atoms with Gasteiger partial charge in [0, 0.05) is 24.5 Å². The largest absolute Gasteiger partial charge is 0.354 e. The number of rotatable bonds is 4. The molecule has 20 heavy (non-hydrogen) atoms. The Morgan fingerprint density at radius 3 is 2.90 bits per heavy atom. The molecule has 1 N–H and O–H groups in total. The molecule has 0 aliphatic rings. The van der Waals surface area contributed by atoms with Crippen LogP contribution in [0.5, 0.6) is 0 Å². The second-order valence-corrected chi connectivity index (χ2v) is 4.62. The van der Waals surface area contributed by atoms with Crippen molar-refractivity contribution in [3.05, 3.63) is 58.6 Å². The van der Waals surface area contributed by atoms with Crippen molar-refractivity contribution in [3.63, 3.8) is 0 Å². The molecule has 0 unspecified atom stereocenters. The highest BCUT2D eigenvalue weighted by Crippen LogP contribution is 2.16. The number of halogens is 2. The summed E-state index contributed by atoms with van der Waals surface area (Å²) in [5.74, 6) is -0.770. The van der Waals surface area contributed by atoms with Crippen molar-refractivity contribution in [2.45, 2.75) is 6.42 Å². The number of amides is 1. The van der Waals surface area contributed by atoms with Crippen molar-refractivity contribution in [1.82, 2.24) is 9.99 Å². The number of hydrazone groups is 1. The Labute approximate surface area is 120 Å². The molecule has 0 aliphatic heterocycles. The lowest BCUT2D eigenvalue weighted by Gasteiger charge is -2.02. The maximum atomic E-state index is 13.4. The number of aromatic nitrogens is 1. The Bertz CT molecular complexity index is 631. The number of aryl methyl sites for hydroxylation is 1. The molecular formula is C14H13ClFN3O. The van der Waals surface area contributed by atoms with Crippen LogP contribution in [0.25, 0.3) is 0 Å². The smallest absolute Gasteiger partial charge is 0.245 e. The van der Waals surface area contributed by atoms with E-state index < -0.39 is 5.82 Å². The third-order valence-electron chi connectivity index (χ3n) is 2.78. The number of hydrogen-bond acceptors (Lipinski definition) is 2. The van der Waals surface area contributed by atoms with Gasteiger partial charge in [-0.05, 0) is 24.3 Å². The van der Waals surface area contributed by atoms with Gasteiger partial charge in [-0.1, -0.05) is 17.7 Å². The van der Waals surface area contributed by atoms with E-state index in [1.807, 2.05) is 29.9 Å². The maximum Gasteiger partial charge on any atom is 0.245 e. The minimum absolute atomic E-state index is 0.147. The van der Waals surface area contributed by atoms with Crippen molar-refractivity contribution in [1.29, 1.82) is 0 Å². The predicted molar refractivity (Wildman–Crippen MR) is 76.3 cm³/mol. The summed E-state index contributed by atoms with van der Waals surface area (Å²) in [7, 11) is 1.85. The highest BCUT2D eigenvalue weighted by Gasteiger charge is 2.06. The number of hydrogen-bond donors (Lipinski definition) is 1. The summed E-state index contributed by atoms with van der Waals surface area (Å²) in [4.78, 5) is 11.7. The van der Waals surface area contributed by atoms with Crippen LogP contribution in [-0.2, 0) is 18.3 Å². The minimum atomic E-state index is -0.488. The van der Waals surface area contributed by atoms with E-state index in [1.54, 1.807) is 6.07 Å². The van der Waals surface area contributed by atoms with Crippen LogP contribution in [0.1, 0.15) is 11.3 Å². The first-order valence-corrected chi connectivity index (χ1v) is 6.32. The number of carbonyl (C=O) groups is 1. The van der Waals surface area contributed by atoms with Crippen LogP contribution in [0, 0.1) is 5.82 Å². The lowest BCUT2D eigenvalue weighted by Crippen LogP contribution is -2.21. The van der Waals surface area contributed by atoms with Gasteiger partial charge in [0.05, 0.1) is 17.7 Å². The molecule has 0 saturated heterocycles. The van der Waals surface area contributed by atoms with E-state index in [0.717, 1.165) is 5.69 Å². The topological polar surface area (TPSA) is 46.4 Å². The van der Waals surface area contributed by atoms with Gasteiger partial charge in [-0.15, -0.1) is 0 Å². The second kappa shape index (κ2) is 6.34. The molecule has 0 fully saturated rings. The SMILES string of the molecule is Cn1cccc1CC(=O)N/N=C/c1c(F)cccc1Cl. The summed E-state index contributed by atoms with van der Waals surface area (Å²) >= 11 is 5.83. The molecule has 1 heterocycles. The fourth-order valence-corrected chi connectivity index (χ4v) is 1.90. The van der Waals surface area contributed by atoms with Crippen LogP contribution < -0.4 is 5.43 Å². The molecule has 6 heteroatoms. The zero-order chi connectivity index (χ0) is 14.5. The zero-order valence-corrected chi connectivity index (χ0v) is 11.6. The maximum absolute atomic E-state index is 13.4. The van der Waals surface area contributed by atoms with Crippen molar-refractivity contribution in [2.75, 3.05) is 0 Å². The number of benzene rings is 1. The van der Waals surface area contributed by atoms with Crippen LogP contribution in [-0.4, -0.2) is 16.7 Å². The van der Waals surface area contributed by atoms with E-state index in [9.17, 15) is 9.18 Å². The van der Waals surface area contributed by atoms with Crippen LogP contribution >= 0.6 is 11.6 Å². The Kier molecular flexibility index (Phi) is 4.53. The fraction of sp³-hybridized carbons (Fsp3) is 0.143. The van der Waals surface area contributed by atoms with E-state index in [4.69, 9.17) is 11.6 Å². The molecule has 0 atom stereocenters. The van der Waals surface area contributed by atoms with Crippen LogP contribution in [0.15, 0.2) is 41.6 Å². The Morgan fingerprint density at radius 1 is 1.45 bits per heavy atom. The molecule has 1 aromatic carbocycles. The van der Waals surface area contributed by atoms with Crippen LogP contribution in [0.2, 0.25) is 5.02 Å². The summed E-state index contributed by atoms with van der Waals surface area (Å²) < 4.78 is 15.3. The molecule has 104 valence electrons. The first-order chi connectivity index (χ1) is 9.58. The van der Waals surface area contributed by atoms with Gasteiger partial charge in [-0.3, -0.25) is 4.79 Å². The summed E-state index contributed by atoms with van der Waals surface area (Å²) in [6.07, 6.45) is 3.25. The number of nitrogens with zero attached hydrogens (tertiary/aromatic N) is 2. The van der Waals surface area contributed by atoms with Crippen molar-refractivity contribution in [3.8, 4) is 0 Å². The molecule has 0 spiro atoms. The van der Waals surface area contributed by atoms with Gasteiger partial charge in [-0.2, -0.15) is 5.10 Å². The third-order valence-corrected chi connectivity index (χ3v) is 3.11. The zero-order valence-electron chi connectivity index (χ0n) is 10.8. The highest BCUT2D eigenvalue weighted by atomic mass is 35.5. The molecule has 2 aromatic rings. The van der Waals surface area contributed by atoms with Gasteiger partial charge < -0.3 is 4.57 Å². The second-order valence-electron chi connectivity index (χ2n) is 4.22. The van der Waals surface area contributed by atoms with Gasteiger partial charge in [0.2, 0.25) is 5.91 Å². The first kappa shape index (κ1) is 14.3. The molecule has 0 aliphatic carbocycles. The number of carbonyl (C=O) groups excluding carboxylic acids is 1. The summed E-state index contributed by atoms with van der Waals surface area (Å²) in [5.41, 5.74) is 3.35. The average Bonchev–Trinajstić information content (AvgIpc) is 2.79. The molecule has 2 rings (SSSR count). The lowest BCUT2D eigenvalue weighted by atomic mass is 10.2. The third kappa shape index (κ3) is 3.45. The highest BCUT2D eigenvalue weighted by molar-refractivity contribution is 6.33. The summed E-state index contributed by atoms with van der Waals surface area (Å²) in [6, 6.07) is 8.03. The number of nitrogens with one attached hydrogen (secondary N) is 1. The summed E-state index contributed by atoms with van der Waals surface area (Å²) in [5, 5.41) is 3.96. The molecule has 1 amide bonds. The Hall–Kier alpha value is -2.14. The van der Waals surface area contributed by atoms with Gasteiger partial charge in [0.25, 0.3) is 0 Å². The lowest BCUT2D eigenvalue weighted by molar-refractivity contribution is -0.120. The van der Waals surface area contributed by atoms with E-state index in [1.165, 1.54) is 18.3 Å².